The monoisotopic (exact) mass is 320 g/mol. The van der Waals surface area contributed by atoms with Gasteiger partial charge in [-0.15, -0.1) is 0 Å². The van der Waals surface area contributed by atoms with Gasteiger partial charge in [0.25, 0.3) is 0 Å². The summed E-state index contributed by atoms with van der Waals surface area (Å²) in [5.74, 6) is 0.527. The van der Waals surface area contributed by atoms with Gasteiger partial charge in [-0.25, -0.2) is 4.39 Å². The lowest BCUT2D eigenvalue weighted by atomic mass is 9.90. The average molecular weight is 320 g/mol. The molecule has 3 rings (SSSR count). The second kappa shape index (κ2) is 7.88. The maximum absolute atomic E-state index is 13.7. The highest BCUT2D eigenvalue weighted by Crippen LogP contribution is 2.23. The van der Waals surface area contributed by atoms with E-state index in [1.54, 1.807) is 6.07 Å². The van der Waals surface area contributed by atoms with E-state index >= 15 is 0 Å². The number of halogens is 1. The topological polar surface area (TPSA) is 41.6 Å². The summed E-state index contributed by atoms with van der Waals surface area (Å²) in [6.45, 7) is 3.86. The summed E-state index contributed by atoms with van der Waals surface area (Å²) in [5.41, 5.74) is 0.791. The van der Waals surface area contributed by atoms with E-state index in [2.05, 4.69) is 5.32 Å². The summed E-state index contributed by atoms with van der Waals surface area (Å²) < 4.78 is 19.3. The van der Waals surface area contributed by atoms with E-state index in [0.29, 0.717) is 18.9 Å². The minimum absolute atomic E-state index is 0.00684. The van der Waals surface area contributed by atoms with Crippen molar-refractivity contribution in [3.63, 3.8) is 0 Å². The summed E-state index contributed by atoms with van der Waals surface area (Å²) in [5, 5.41) is 3.25. The van der Waals surface area contributed by atoms with Crippen LogP contribution in [0.3, 0.4) is 0 Å². The van der Waals surface area contributed by atoms with Gasteiger partial charge in [-0.1, -0.05) is 18.2 Å². The first-order chi connectivity index (χ1) is 11.2. The first-order valence-electron chi connectivity index (χ1n) is 8.56. The maximum Gasteiger partial charge on any atom is 0.225 e. The number of piperidine rings is 1. The summed E-state index contributed by atoms with van der Waals surface area (Å²) in [6.07, 6.45) is 3.13. The Bertz CT molecular complexity index is 524. The van der Waals surface area contributed by atoms with E-state index in [4.69, 9.17) is 4.74 Å². The number of hydrogen-bond acceptors (Lipinski definition) is 3. The highest BCUT2D eigenvalue weighted by Gasteiger charge is 2.26. The quantitative estimate of drug-likeness (QED) is 0.922. The van der Waals surface area contributed by atoms with Gasteiger partial charge in [0.1, 0.15) is 5.82 Å². The van der Waals surface area contributed by atoms with Gasteiger partial charge >= 0.3 is 0 Å². The van der Waals surface area contributed by atoms with Crippen LogP contribution in [0, 0.1) is 11.7 Å². The van der Waals surface area contributed by atoms with Crippen LogP contribution in [0.1, 0.15) is 24.8 Å². The van der Waals surface area contributed by atoms with Crippen LogP contribution in [0.2, 0.25) is 0 Å². The molecule has 1 aromatic rings. The molecule has 1 aromatic carbocycles. The van der Waals surface area contributed by atoms with Crippen LogP contribution < -0.4 is 5.32 Å². The Kier molecular flexibility index (Phi) is 5.62. The first kappa shape index (κ1) is 16.4. The van der Waals surface area contributed by atoms with Crippen molar-refractivity contribution in [1.82, 2.24) is 10.2 Å². The van der Waals surface area contributed by atoms with E-state index in [9.17, 15) is 9.18 Å². The molecule has 0 aromatic heterocycles. The predicted octanol–water partition coefficient (Wildman–Crippen LogP) is 1.99. The van der Waals surface area contributed by atoms with Gasteiger partial charge in [0.05, 0.1) is 19.1 Å². The average Bonchev–Trinajstić information content (AvgIpc) is 2.58. The Balaban J connectivity index is 1.44. The molecule has 1 amide bonds. The number of hydrogen-bond donors (Lipinski definition) is 1. The third-order valence-corrected chi connectivity index (χ3v) is 4.84. The molecule has 2 aliphatic heterocycles. The van der Waals surface area contributed by atoms with E-state index in [1.807, 2.05) is 17.0 Å². The zero-order chi connectivity index (χ0) is 16.1. The van der Waals surface area contributed by atoms with Crippen molar-refractivity contribution in [2.45, 2.75) is 31.8 Å². The van der Waals surface area contributed by atoms with Crippen molar-refractivity contribution < 1.29 is 13.9 Å². The SMILES string of the molecule is O=C(C[C@H]1CNCCO1)N1CCC(Cc2ccccc2F)CC1. The molecule has 1 N–H and O–H groups in total. The van der Waals surface area contributed by atoms with E-state index in [1.165, 1.54) is 6.07 Å². The Morgan fingerprint density at radius 1 is 1.30 bits per heavy atom. The molecule has 4 nitrogen and oxygen atoms in total. The lowest BCUT2D eigenvalue weighted by molar-refractivity contribution is -0.136. The normalized spacial score (nSPS) is 23.0. The molecule has 2 aliphatic rings. The van der Waals surface area contributed by atoms with Crippen molar-refractivity contribution in [1.29, 1.82) is 0 Å². The number of carbonyl (C=O) groups excluding carboxylic acids is 1. The van der Waals surface area contributed by atoms with Crippen molar-refractivity contribution in [3.8, 4) is 0 Å². The first-order valence-corrected chi connectivity index (χ1v) is 8.56. The minimum Gasteiger partial charge on any atom is -0.375 e. The van der Waals surface area contributed by atoms with Gasteiger partial charge in [0, 0.05) is 26.2 Å². The van der Waals surface area contributed by atoms with Crippen molar-refractivity contribution in [2.24, 2.45) is 5.92 Å². The molecule has 1 atom stereocenters. The maximum atomic E-state index is 13.7. The number of nitrogens with zero attached hydrogens (tertiary/aromatic N) is 1. The lowest BCUT2D eigenvalue weighted by Gasteiger charge is -2.33. The van der Waals surface area contributed by atoms with Crippen LogP contribution in [0.15, 0.2) is 24.3 Å². The molecule has 2 saturated heterocycles. The van der Waals surface area contributed by atoms with Crippen molar-refractivity contribution >= 4 is 5.91 Å². The van der Waals surface area contributed by atoms with Crippen molar-refractivity contribution in [2.75, 3.05) is 32.8 Å². The second-order valence-corrected chi connectivity index (χ2v) is 6.52. The fourth-order valence-corrected chi connectivity index (χ4v) is 3.44. The number of morpholine rings is 1. The fourth-order valence-electron chi connectivity index (χ4n) is 3.44. The van der Waals surface area contributed by atoms with Crippen LogP contribution >= 0.6 is 0 Å². The van der Waals surface area contributed by atoms with Gasteiger partial charge < -0.3 is 15.0 Å². The molecule has 0 bridgehead atoms. The van der Waals surface area contributed by atoms with Gasteiger partial charge in [0.2, 0.25) is 5.91 Å². The molecule has 2 fully saturated rings. The third-order valence-electron chi connectivity index (χ3n) is 4.84. The largest absolute Gasteiger partial charge is 0.375 e. The molecule has 0 radical (unpaired) electrons. The summed E-state index contributed by atoms with van der Waals surface area (Å²) in [4.78, 5) is 14.3. The van der Waals surface area contributed by atoms with Gasteiger partial charge in [-0.3, -0.25) is 4.79 Å². The van der Waals surface area contributed by atoms with E-state index in [-0.39, 0.29) is 17.8 Å². The zero-order valence-electron chi connectivity index (χ0n) is 13.5. The minimum atomic E-state index is -0.118. The Morgan fingerprint density at radius 3 is 2.78 bits per heavy atom. The highest BCUT2D eigenvalue weighted by molar-refractivity contribution is 5.76. The smallest absolute Gasteiger partial charge is 0.225 e. The van der Waals surface area contributed by atoms with Crippen molar-refractivity contribution in [3.05, 3.63) is 35.6 Å². The standard InChI is InChI=1S/C18H25FN2O2/c19-17-4-2-1-3-15(17)11-14-5-8-21(9-6-14)18(22)12-16-13-20-7-10-23-16/h1-4,14,16,20H,5-13H2/t16-/m0/s1. The number of amides is 1. The van der Waals surface area contributed by atoms with Crippen LogP contribution in [-0.2, 0) is 16.0 Å². The zero-order valence-corrected chi connectivity index (χ0v) is 13.5. The van der Waals surface area contributed by atoms with Gasteiger partial charge in [-0.05, 0) is 36.8 Å². The van der Waals surface area contributed by atoms with Crippen LogP contribution in [-0.4, -0.2) is 49.7 Å². The molecule has 0 saturated carbocycles. The van der Waals surface area contributed by atoms with Crippen LogP contribution in [0.5, 0.6) is 0 Å². The number of likely N-dealkylation sites (tertiary alicyclic amines) is 1. The number of rotatable bonds is 4. The number of carbonyl (C=O) groups is 1. The Morgan fingerprint density at radius 2 is 2.09 bits per heavy atom. The molecule has 2 heterocycles. The third kappa shape index (κ3) is 4.52. The highest BCUT2D eigenvalue weighted by atomic mass is 19.1. The molecule has 0 spiro atoms. The van der Waals surface area contributed by atoms with E-state index < -0.39 is 0 Å². The summed E-state index contributed by atoms with van der Waals surface area (Å²) >= 11 is 0. The summed E-state index contributed by atoms with van der Waals surface area (Å²) in [6, 6.07) is 6.99. The van der Waals surface area contributed by atoms with E-state index in [0.717, 1.165) is 51.0 Å². The van der Waals surface area contributed by atoms with Crippen LogP contribution in [0.4, 0.5) is 4.39 Å². The number of ether oxygens (including phenoxy) is 1. The molecular formula is C18H25FN2O2. The number of benzene rings is 1. The van der Waals surface area contributed by atoms with Gasteiger partial charge in [-0.2, -0.15) is 0 Å². The molecule has 0 unspecified atom stereocenters. The Labute approximate surface area is 137 Å². The molecule has 5 heteroatoms. The predicted molar refractivity (Wildman–Crippen MR) is 86.6 cm³/mol. The lowest BCUT2D eigenvalue weighted by Crippen LogP contribution is -2.44. The van der Waals surface area contributed by atoms with Gasteiger partial charge in [0.15, 0.2) is 0 Å². The number of nitrogens with one attached hydrogen (secondary N) is 1. The fraction of sp³-hybridized carbons (Fsp3) is 0.611. The molecule has 23 heavy (non-hydrogen) atoms. The molecular weight excluding hydrogens is 295 g/mol. The molecule has 0 aliphatic carbocycles. The Hall–Kier alpha value is -1.46. The second-order valence-electron chi connectivity index (χ2n) is 6.52. The van der Waals surface area contributed by atoms with Crippen LogP contribution in [0.25, 0.3) is 0 Å². The molecule has 126 valence electrons. The summed E-state index contributed by atoms with van der Waals surface area (Å²) in [7, 11) is 0.